The number of ether oxygens (including phenoxy) is 1. The van der Waals surface area contributed by atoms with Crippen LogP contribution in [0, 0.1) is 5.92 Å². The minimum Gasteiger partial charge on any atom is -0.494 e. The zero-order chi connectivity index (χ0) is 31.1. The van der Waals surface area contributed by atoms with Gasteiger partial charge in [0.1, 0.15) is 17.9 Å². The number of hydrogen-bond acceptors (Lipinski definition) is 9. The van der Waals surface area contributed by atoms with Gasteiger partial charge in [-0.15, -0.1) is 0 Å². The zero-order valence-corrected chi connectivity index (χ0v) is 27.1. The highest BCUT2D eigenvalue weighted by Crippen LogP contribution is 2.31. The van der Waals surface area contributed by atoms with E-state index in [2.05, 4.69) is 35.7 Å². The Morgan fingerprint density at radius 2 is 1.84 bits per heavy atom. The highest BCUT2D eigenvalue weighted by Gasteiger charge is 2.34. The molecule has 5 rings (SSSR count). The third-order valence-electron chi connectivity index (χ3n) is 8.57. The van der Waals surface area contributed by atoms with E-state index in [0.717, 1.165) is 60.4 Å². The van der Waals surface area contributed by atoms with Crippen LogP contribution in [-0.4, -0.2) is 119 Å². The summed E-state index contributed by atoms with van der Waals surface area (Å²) >= 11 is 1.33. The van der Waals surface area contributed by atoms with Crippen LogP contribution in [0.5, 0.6) is 5.75 Å². The number of piperazine rings is 1. The summed E-state index contributed by atoms with van der Waals surface area (Å²) in [6.45, 7) is 7.42. The van der Waals surface area contributed by atoms with Crippen LogP contribution in [0.25, 0.3) is 11.0 Å². The Hall–Kier alpha value is -3.58. The normalized spacial score (nSPS) is 18.9. The summed E-state index contributed by atoms with van der Waals surface area (Å²) < 4.78 is 10.4. The van der Waals surface area contributed by atoms with E-state index in [1.165, 1.54) is 11.9 Å². The highest BCUT2D eigenvalue weighted by atomic mass is 32.2. The molecule has 1 aliphatic carbocycles. The highest BCUT2D eigenvalue weighted by molar-refractivity contribution is 7.97. The lowest BCUT2D eigenvalue weighted by molar-refractivity contribution is -0.137. The Labute approximate surface area is 264 Å². The first-order chi connectivity index (χ1) is 21.4. The molecule has 238 valence electrons. The first-order valence-corrected chi connectivity index (χ1v) is 16.8. The molecule has 3 aromatic rings. The summed E-state index contributed by atoms with van der Waals surface area (Å²) in [7, 11) is 4.04. The maximum Gasteiger partial charge on any atom is 0.327 e. The molecule has 3 amide bonds. The molecule has 1 aliphatic heterocycles. The molecule has 0 unspecified atom stereocenters. The third-order valence-corrected chi connectivity index (χ3v) is 8.95. The lowest BCUT2D eigenvalue weighted by Crippen LogP contribution is -2.52. The molecule has 12 nitrogen and oxygen atoms in total. The molecule has 13 heteroatoms. The first kappa shape index (κ1) is 31.8. The number of likely N-dealkylation sites (N-methyl/N-ethyl adjacent to an activating group) is 1. The molecule has 1 aromatic carbocycles. The van der Waals surface area contributed by atoms with Crippen LogP contribution < -0.4 is 14.4 Å². The summed E-state index contributed by atoms with van der Waals surface area (Å²) in [6.07, 6.45) is 8.64. The van der Waals surface area contributed by atoms with Gasteiger partial charge >= 0.3 is 6.03 Å². The van der Waals surface area contributed by atoms with Gasteiger partial charge in [0, 0.05) is 57.5 Å². The van der Waals surface area contributed by atoms with Crippen LogP contribution in [0.3, 0.4) is 0 Å². The lowest BCUT2D eigenvalue weighted by atomic mass is 9.84. The summed E-state index contributed by atoms with van der Waals surface area (Å²) in [6, 6.07) is 8.17. The Kier molecular flexibility index (Phi) is 10.8. The Morgan fingerprint density at radius 1 is 1.07 bits per heavy atom. The number of rotatable bonds is 11. The number of anilines is 1. The third kappa shape index (κ3) is 7.55. The number of carbonyl (C=O) groups excluding carboxylic acids is 2. The van der Waals surface area contributed by atoms with Gasteiger partial charge in [0.15, 0.2) is 5.65 Å². The van der Waals surface area contributed by atoms with Crippen molar-refractivity contribution in [1.29, 1.82) is 0 Å². The van der Waals surface area contributed by atoms with Gasteiger partial charge in [0.05, 0.1) is 24.7 Å². The topological polar surface area (TPSA) is 112 Å². The molecule has 3 heterocycles. The van der Waals surface area contributed by atoms with Crippen LogP contribution in [0.15, 0.2) is 36.8 Å². The number of carbonyl (C=O) groups is 2. The number of aromatic nitrogens is 4. The Bertz CT molecular complexity index is 1400. The zero-order valence-electron chi connectivity index (χ0n) is 26.3. The predicted molar refractivity (Wildman–Crippen MR) is 174 cm³/mol. The van der Waals surface area contributed by atoms with Gasteiger partial charge in [-0.25, -0.2) is 19.4 Å². The van der Waals surface area contributed by atoms with Crippen molar-refractivity contribution in [1.82, 2.24) is 39.2 Å². The standard InChI is InChI=1S/C31H45N9O3S/c1-5-43-26-8-6-7-23(19-26)21-40-29-27(20-34-40)28(32-22-33-29)37-14-16-38(17-15-37)30(41)24-9-11-25(12-10-24)39(18-13-36(2)3)31(42)35-44-4/h6-8,19-20,22,24-25H,5,9-18,21H2,1-4H3,(H,35,42). The molecule has 0 atom stereocenters. The molecular weight excluding hydrogens is 578 g/mol. The summed E-state index contributed by atoms with van der Waals surface area (Å²) in [5, 5.41) is 5.55. The van der Waals surface area contributed by atoms with Crippen molar-refractivity contribution in [2.45, 2.75) is 45.2 Å². The van der Waals surface area contributed by atoms with Gasteiger partial charge in [-0.1, -0.05) is 24.1 Å². The quantitative estimate of drug-likeness (QED) is 0.322. The molecule has 1 saturated carbocycles. The van der Waals surface area contributed by atoms with E-state index in [4.69, 9.17) is 4.74 Å². The number of hydrogen-bond donors (Lipinski definition) is 1. The van der Waals surface area contributed by atoms with Crippen LogP contribution in [0.1, 0.15) is 38.2 Å². The molecule has 1 saturated heterocycles. The van der Waals surface area contributed by atoms with Crippen LogP contribution >= 0.6 is 11.9 Å². The molecule has 2 aromatic heterocycles. The smallest absolute Gasteiger partial charge is 0.327 e. The molecule has 0 bridgehead atoms. The van der Waals surface area contributed by atoms with E-state index in [1.54, 1.807) is 6.33 Å². The van der Waals surface area contributed by atoms with Gasteiger partial charge in [-0.05, 0) is 64.4 Å². The summed E-state index contributed by atoms with van der Waals surface area (Å²) in [5.74, 6) is 1.96. The van der Waals surface area contributed by atoms with Gasteiger partial charge in [-0.3, -0.25) is 9.52 Å². The Balaban J connectivity index is 1.16. The molecule has 2 fully saturated rings. The SMILES string of the molecule is CCOc1cccc(Cn2ncc3c(N4CCN(C(=O)C5CCC(N(CCN(C)C)C(=O)NSC)CC5)CC4)ncnc32)c1. The van der Waals surface area contributed by atoms with Gasteiger partial charge in [0.25, 0.3) is 0 Å². The number of nitrogens with zero attached hydrogens (tertiary/aromatic N) is 8. The maximum atomic E-state index is 13.5. The maximum absolute atomic E-state index is 13.5. The van der Waals surface area contributed by atoms with Crippen molar-refractivity contribution in [3.05, 3.63) is 42.4 Å². The van der Waals surface area contributed by atoms with Crippen LogP contribution in [-0.2, 0) is 11.3 Å². The van der Waals surface area contributed by atoms with E-state index >= 15 is 0 Å². The number of nitrogens with one attached hydrogen (secondary N) is 1. The van der Waals surface area contributed by atoms with Crippen molar-refractivity contribution >= 4 is 40.7 Å². The summed E-state index contributed by atoms with van der Waals surface area (Å²) in [4.78, 5) is 43.7. The largest absolute Gasteiger partial charge is 0.494 e. The van der Waals surface area contributed by atoms with Crippen LogP contribution in [0.2, 0.25) is 0 Å². The number of amides is 3. The minimum atomic E-state index is -0.0367. The van der Waals surface area contributed by atoms with Crippen molar-refractivity contribution < 1.29 is 14.3 Å². The number of benzene rings is 1. The molecule has 0 radical (unpaired) electrons. The molecule has 44 heavy (non-hydrogen) atoms. The molecule has 0 spiro atoms. The fourth-order valence-electron chi connectivity index (χ4n) is 6.26. The molecular formula is C31H45N9O3S. The van der Waals surface area contributed by atoms with Gasteiger partial charge < -0.3 is 24.3 Å². The second kappa shape index (κ2) is 14.9. The second-order valence-corrected chi connectivity index (χ2v) is 12.4. The number of fused-ring (bicyclic) bond motifs is 1. The monoisotopic (exact) mass is 623 g/mol. The van der Waals surface area contributed by atoms with E-state index in [1.807, 2.05) is 66.2 Å². The fourth-order valence-corrected chi connectivity index (χ4v) is 6.55. The van der Waals surface area contributed by atoms with E-state index in [-0.39, 0.29) is 23.9 Å². The van der Waals surface area contributed by atoms with Crippen LogP contribution in [0.4, 0.5) is 10.6 Å². The molecule has 2 aliphatic rings. The second-order valence-electron chi connectivity index (χ2n) is 11.7. The van der Waals surface area contributed by atoms with Crippen molar-refractivity contribution in [2.24, 2.45) is 5.92 Å². The average Bonchev–Trinajstić information content (AvgIpc) is 3.44. The van der Waals surface area contributed by atoms with Crippen molar-refractivity contribution in [3.8, 4) is 5.75 Å². The minimum absolute atomic E-state index is 0.0160. The van der Waals surface area contributed by atoms with E-state index in [0.29, 0.717) is 45.9 Å². The molecule has 1 N–H and O–H groups in total. The summed E-state index contributed by atoms with van der Waals surface area (Å²) in [5.41, 5.74) is 1.88. The van der Waals surface area contributed by atoms with Gasteiger partial charge in [-0.2, -0.15) is 5.10 Å². The van der Waals surface area contributed by atoms with Gasteiger partial charge in [0.2, 0.25) is 5.91 Å². The predicted octanol–water partition coefficient (Wildman–Crippen LogP) is 3.33. The fraction of sp³-hybridized carbons (Fsp3) is 0.581. The van der Waals surface area contributed by atoms with E-state index < -0.39 is 0 Å². The van der Waals surface area contributed by atoms with Crippen molar-refractivity contribution in [2.75, 3.05) is 71.1 Å². The number of urea groups is 1. The Morgan fingerprint density at radius 3 is 2.55 bits per heavy atom. The first-order valence-electron chi connectivity index (χ1n) is 15.5. The average molecular weight is 624 g/mol. The lowest BCUT2D eigenvalue weighted by Gasteiger charge is -2.40. The van der Waals surface area contributed by atoms with Crippen molar-refractivity contribution in [3.63, 3.8) is 0 Å². The van der Waals surface area contributed by atoms with E-state index in [9.17, 15) is 9.59 Å².